The Kier molecular flexibility index (Phi) is 7.06. The van der Waals surface area contributed by atoms with Crippen LogP contribution in [0.5, 0.6) is 0 Å². The van der Waals surface area contributed by atoms with Crippen molar-refractivity contribution in [3.63, 3.8) is 0 Å². The summed E-state index contributed by atoms with van der Waals surface area (Å²) in [6.07, 6.45) is 4.52. The van der Waals surface area contributed by atoms with Gasteiger partial charge in [0.1, 0.15) is 0 Å². The van der Waals surface area contributed by atoms with E-state index in [1.54, 1.807) is 7.11 Å². The number of likely N-dealkylation sites (tertiary alicyclic amines) is 1. The molecule has 1 atom stereocenters. The van der Waals surface area contributed by atoms with Crippen LogP contribution < -0.4 is 0 Å². The van der Waals surface area contributed by atoms with Gasteiger partial charge in [-0.05, 0) is 44.5 Å². The predicted molar refractivity (Wildman–Crippen MR) is 93.4 cm³/mol. The number of amides is 1. The topological polar surface area (TPSA) is 32.8 Å². The van der Waals surface area contributed by atoms with E-state index in [0.29, 0.717) is 19.7 Å². The lowest BCUT2D eigenvalue weighted by Crippen LogP contribution is -2.47. The van der Waals surface area contributed by atoms with Crippen LogP contribution in [-0.2, 0) is 16.1 Å². The fourth-order valence-electron chi connectivity index (χ4n) is 3.24. The Balaban J connectivity index is 2.12. The number of likely N-dealkylation sites (N-methyl/N-ethyl adjacent to an activating group) is 1. The molecule has 1 amide bonds. The van der Waals surface area contributed by atoms with Gasteiger partial charge in [0.25, 0.3) is 0 Å². The van der Waals surface area contributed by atoms with Crippen molar-refractivity contribution in [3.05, 3.63) is 35.4 Å². The molecule has 4 heteroatoms. The first kappa shape index (κ1) is 18.0. The van der Waals surface area contributed by atoms with Crippen LogP contribution in [0.4, 0.5) is 0 Å². The fraction of sp³-hybridized carbons (Fsp3) is 0.632. The van der Waals surface area contributed by atoms with Crippen LogP contribution in [0, 0.1) is 6.92 Å². The van der Waals surface area contributed by atoms with Crippen molar-refractivity contribution in [2.24, 2.45) is 0 Å². The molecule has 4 nitrogen and oxygen atoms in total. The van der Waals surface area contributed by atoms with Crippen molar-refractivity contribution in [1.82, 2.24) is 9.80 Å². The average Bonchev–Trinajstić information content (AvgIpc) is 2.77. The quantitative estimate of drug-likeness (QED) is 0.808. The Labute approximate surface area is 140 Å². The summed E-state index contributed by atoms with van der Waals surface area (Å²) in [6.45, 7) is 5.01. The lowest BCUT2D eigenvalue weighted by Gasteiger charge is -2.31. The molecule has 0 N–H and O–H groups in total. The van der Waals surface area contributed by atoms with Crippen LogP contribution in [0.25, 0.3) is 0 Å². The van der Waals surface area contributed by atoms with E-state index < -0.39 is 0 Å². The van der Waals surface area contributed by atoms with Gasteiger partial charge in [0.05, 0.1) is 12.6 Å². The number of carbonyl (C=O) groups excluding carboxylic acids is 1. The molecule has 1 aromatic carbocycles. The van der Waals surface area contributed by atoms with E-state index in [4.69, 9.17) is 4.74 Å². The molecule has 23 heavy (non-hydrogen) atoms. The Bertz CT molecular complexity index is 504. The second-order valence-electron chi connectivity index (χ2n) is 6.52. The molecule has 0 aromatic heterocycles. The molecule has 0 bridgehead atoms. The maximum absolute atomic E-state index is 13.1. The maximum Gasteiger partial charge on any atom is 0.240 e. The number of hydrogen-bond acceptors (Lipinski definition) is 3. The molecule has 0 saturated carbocycles. The van der Waals surface area contributed by atoms with Crippen LogP contribution in [0.1, 0.15) is 36.8 Å². The first-order valence-electron chi connectivity index (χ1n) is 8.66. The summed E-state index contributed by atoms with van der Waals surface area (Å²) < 4.78 is 5.22. The zero-order chi connectivity index (χ0) is 16.7. The van der Waals surface area contributed by atoms with Crippen molar-refractivity contribution in [2.75, 3.05) is 33.9 Å². The van der Waals surface area contributed by atoms with Gasteiger partial charge in [0.2, 0.25) is 5.91 Å². The van der Waals surface area contributed by atoms with Crippen LogP contribution in [0.3, 0.4) is 0 Å². The van der Waals surface area contributed by atoms with E-state index >= 15 is 0 Å². The van der Waals surface area contributed by atoms with Gasteiger partial charge in [-0.15, -0.1) is 0 Å². The highest BCUT2D eigenvalue weighted by Crippen LogP contribution is 2.19. The third kappa shape index (κ3) is 5.05. The standard InChI is InChI=1S/C19H30N2O2/c1-16-9-6-7-10-17(16)15-21(13-14-23-3)19(22)18-11-5-4-8-12-20(18)2/h6-7,9-10,18H,4-5,8,11-15H2,1-3H3/t18-/m1/s1. The summed E-state index contributed by atoms with van der Waals surface area (Å²) in [5, 5.41) is 0. The normalized spacial score (nSPS) is 19.3. The number of aryl methyl sites for hydroxylation is 1. The molecule has 1 saturated heterocycles. The van der Waals surface area contributed by atoms with Crippen LogP contribution in [0.2, 0.25) is 0 Å². The molecule has 0 spiro atoms. The van der Waals surface area contributed by atoms with Crippen molar-refractivity contribution in [3.8, 4) is 0 Å². The molecule has 1 heterocycles. The number of methoxy groups -OCH3 is 1. The summed E-state index contributed by atoms with van der Waals surface area (Å²) >= 11 is 0. The third-order valence-corrected chi connectivity index (χ3v) is 4.80. The Morgan fingerprint density at radius 1 is 1.30 bits per heavy atom. The Morgan fingerprint density at radius 3 is 2.83 bits per heavy atom. The number of hydrogen-bond donors (Lipinski definition) is 0. The lowest BCUT2D eigenvalue weighted by molar-refractivity contribution is -0.138. The van der Waals surface area contributed by atoms with Gasteiger partial charge in [0.15, 0.2) is 0 Å². The molecule has 1 fully saturated rings. The molecular weight excluding hydrogens is 288 g/mol. The largest absolute Gasteiger partial charge is 0.383 e. The van der Waals surface area contributed by atoms with Crippen molar-refractivity contribution in [2.45, 2.75) is 45.2 Å². The van der Waals surface area contributed by atoms with Gasteiger partial charge >= 0.3 is 0 Å². The minimum atomic E-state index is 0.0124. The number of benzene rings is 1. The van der Waals surface area contributed by atoms with E-state index in [-0.39, 0.29) is 11.9 Å². The van der Waals surface area contributed by atoms with Crippen LogP contribution in [-0.4, -0.2) is 55.6 Å². The van der Waals surface area contributed by atoms with Gasteiger partial charge in [-0.3, -0.25) is 9.69 Å². The first-order chi connectivity index (χ1) is 11.1. The summed E-state index contributed by atoms with van der Waals surface area (Å²) in [7, 11) is 3.77. The van der Waals surface area contributed by atoms with Gasteiger partial charge in [-0.25, -0.2) is 0 Å². The minimum absolute atomic E-state index is 0.0124. The Morgan fingerprint density at radius 2 is 2.09 bits per heavy atom. The highest BCUT2D eigenvalue weighted by molar-refractivity contribution is 5.82. The lowest BCUT2D eigenvalue weighted by atomic mass is 10.1. The fourth-order valence-corrected chi connectivity index (χ4v) is 3.24. The second-order valence-corrected chi connectivity index (χ2v) is 6.52. The molecule has 1 aromatic rings. The molecule has 0 radical (unpaired) electrons. The zero-order valence-electron chi connectivity index (χ0n) is 14.8. The molecule has 128 valence electrons. The van der Waals surface area contributed by atoms with E-state index in [0.717, 1.165) is 19.4 Å². The predicted octanol–water partition coefficient (Wildman–Crippen LogP) is 2.84. The average molecular weight is 318 g/mol. The summed E-state index contributed by atoms with van der Waals surface area (Å²) in [5.41, 5.74) is 2.45. The van der Waals surface area contributed by atoms with Gasteiger partial charge in [-0.1, -0.05) is 37.1 Å². The highest BCUT2D eigenvalue weighted by Gasteiger charge is 2.28. The SMILES string of the molecule is COCCN(Cc1ccccc1C)C(=O)[C@H]1CCCCCN1C. The number of ether oxygens (including phenoxy) is 1. The van der Waals surface area contributed by atoms with E-state index in [1.165, 1.54) is 24.0 Å². The molecular formula is C19H30N2O2. The molecule has 1 aliphatic heterocycles. The molecule has 2 rings (SSSR count). The van der Waals surface area contributed by atoms with Gasteiger partial charge < -0.3 is 9.64 Å². The minimum Gasteiger partial charge on any atom is -0.383 e. The van der Waals surface area contributed by atoms with E-state index in [2.05, 4.69) is 31.0 Å². The Hall–Kier alpha value is -1.39. The number of nitrogens with zero attached hydrogens (tertiary/aromatic N) is 2. The van der Waals surface area contributed by atoms with Crippen LogP contribution >= 0.6 is 0 Å². The number of carbonyl (C=O) groups is 1. The van der Waals surface area contributed by atoms with Crippen molar-refractivity contribution in [1.29, 1.82) is 0 Å². The maximum atomic E-state index is 13.1. The van der Waals surface area contributed by atoms with Gasteiger partial charge in [-0.2, -0.15) is 0 Å². The monoisotopic (exact) mass is 318 g/mol. The summed E-state index contributed by atoms with van der Waals surface area (Å²) in [6, 6.07) is 8.31. The molecule has 0 aliphatic carbocycles. The highest BCUT2D eigenvalue weighted by atomic mass is 16.5. The smallest absolute Gasteiger partial charge is 0.240 e. The third-order valence-electron chi connectivity index (χ3n) is 4.80. The first-order valence-corrected chi connectivity index (χ1v) is 8.66. The summed E-state index contributed by atoms with van der Waals surface area (Å²) in [5.74, 6) is 0.245. The molecule has 1 aliphatic rings. The zero-order valence-corrected chi connectivity index (χ0v) is 14.8. The van der Waals surface area contributed by atoms with E-state index in [9.17, 15) is 4.79 Å². The molecule has 0 unspecified atom stereocenters. The van der Waals surface area contributed by atoms with Crippen molar-refractivity contribution >= 4 is 5.91 Å². The second kappa shape index (κ2) is 9.04. The van der Waals surface area contributed by atoms with Crippen LogP contribution in [0.15, 0.2) is 24.3 Å². The number of rotatable bonds is 6. The van der Waals surface area contributed by atoms with Gasteiger partial charge in [0, 0.05) is 20.2 Å². The van der Waals surface area contributed by atoms with E-state index in [1.807, 2.05) is 17.0 Å². The summed E-state index contributed by atoms with van der Waals surface area (Å²) in [4.78, 5) is 17.3. The van der Waals surface area contributed by atoms with Crippen molar-refractivity contribution < 1.29 is 9.53 Å².